The van der Waals surface area contributed by atoms with Crippen LogP contribution in [0.3, 0.4) is 0 Å². The molecule has 1 N–H and O–H groups in total. The van der Waals surface area contributed by atoms with Crippen LogP contribution < -0.4 is 5.32 Å². The van der Waals surface area contributed by atoms with Crippen molar-refractivity contribution in [1.82, 2.24) is 0 Å². The normalized spacial score (nSPS) is 10.7. The van der Waals surface area contributed by atoms with Gasteiger partial charge in [0.1, 0.15) is 0 Å². The summed E-state index contributed by atoms with van der Waals surface area (Å²) in [6.07, 6.45) is 3.78. The largest absolute Gasteiger partial charge is 0.323 e. The van der Waals surface area contributed by atoms with E-state index in [0.717, 1.165) is 16.8 Å². The third kappa shape index (κ3) is 4.37. The van der Waals surface area contributed by atoms with Crippen molar-refractivity contribution in [3.05, 3.63) is 71.8 Å². The van der Waals surface area contributed by atoms with E-state index in [9.17, 15) is 9.90 Å². The predicted octanol–water partition coefficient (Wildman–Crippen LogP) is 3.31. The van der Waals surface area contributed by atoms with E-state index in [4.69, 9.17) is 0 Å². The van der Waals surface area contributed by atoms with Crippen LogP contribution in [0.5, 0.6) is 0 Å². The number of carbonyl (C=O) groups is 1. The zero-order chi connectivity index (χ0) is 14.2. The molecule has 0 aliphatic heterocycles. The average Bonchev–Trinajstić information content (AvgIpc) is 2.49. The lowest BCUT2D eigenvalue weighted by molar-refractivity contribution is -0.111. The van der Waals surface area contributed by atoms with Crippen molar-refractivity contribution in [2.24, 2.45) is 0 Å². The molecule has 101 valence electrons. The van der Waals surface area contributed by atoms with Gasteiger partial charge in [0.05, 0.1) is 6.61 Å². The lowest BCUT2D eigenvalue weighted by Gasteiger charge is -2.03. The molecule has 3 heteroatoms. The van der Waals surface area contributed by atoms with Crippen LogP contribution in [0.4, 0.5) is 5.69 Å². The van der Waals surface area contributed by atoms with Crippen molar-refractivity contribution >= 4 is 17.7 Å². The van der Waals surface area contributed by atoms with Crippen LogP contribution in [-0.2, 0) is 16.3 Å². The number of carbonyl (C=O) groups excluding carboxylic acids is 1. The van der Waals surface area contributed by atoms with E-state index in [2.05, 4.69) is 5.32 Å². The molecule has 0 saturated carbocycles. The fourth-order valence-electron chi connectivity index (χ4n) is 1.79. The molecule has 2 aromatic carbocycles. The second-order valence-corrected chi connectivity index (χ2v) is 4.38. The van der Waals surface area contributed by atoms with Crippen LogP contribution in [0.1, 0.15) is 11.1 Å². The van der Waals surface area contributed by atoms with E-state index in [0.29, 0.717) is 6.42 Å². The van der Waals surface area contributed by atoms with Gasteiger partial charge in [-0.25, -0.2) is 5.11 Å². The number of rotatable bonds is 5. The molecular formula is C17H16NO2. The fraction of sp³-hybridized carbons (Fsp3) is 0.118. The summed E-state index contributed by atoms with van der Waals surface area (Å²) in [5, 5.41) is 13.3. The van der Waals surface area contributed by atoms with Crippen molar-refractivity contribution in [3.63, 3.8) is 0 Å². The van der Waals surface area contributed by atoms with Crippen LogP contribution in [0.25, 0.3) is 6.08 Å². The molecule has 0 fully saturated rings. The fourth-order valence-corrected chi connectivity index (χ4v) is 1.79. The Morgan fingerprint density at radius 1 is 1.00 bits per heavy atom. The quantitative estimate of drug-likeness (QED) is 0.829. The van der Waals surface area contributed by atoms with Crippen LogP contribution in [0.2, 0.25) is 0 Å². The van der Waals surface area contributed by atoms with Gasteiger partial charge in [-0.2, -0.15) is 0 Å². The Bertz CT molecular complexity index is 574. The molecule has 20 heavy (non-hydrogen) atoms. The molecule has 0 saturated heterocycles. The number of benzene rings is 2. The van der Waals surface area contributed by atoms with Crippen molar-refractivity contribution in [2.75, 3.05) is 11.9 Å². The third-order valence-corrected chi connectivity index (χ3v) is 2.84. The molecule has 0 aliphatic rings. The number of hydrogen-bond acceptors (Lipinski definition) is 1. The molecule has 0 unspecified atom stereocenters. The lowest BCUT2D eigenvalue weighted by Crippen LogP contribution is -2.07. The summed E-state index contributed by atoms with van der Waals surface area (Å²) in [5.41, 5.74) is 2.69. The lowest BCUT2D eigenvalue weighted by atomic mass is 10.1. The second-order valence-electron chi connectivity index (χ2n) is 4.38. The highest BCUT2D eigenvalue weighted by Gasteiger charge is 1.98. The van der Waals surface area contributed by atoms with Gasteiger partial charge in [0.25, 0.3) is 0 Å². The van der Waals surface area contributed by atoms with E-state index in [1.165, 1.54) is 6.08 Å². The van der Waals surface area contributed by atoms with Crippen molar-refractivity contribution < 1.29 is 9.90 Å². The summed E-state index contributed by atoms with van der Waals surface area (Å²) < 4.78 is 0. The SMILES string of the molecule is [O]CCc1ccc(NC(=O)/C=C/c2ccccc2)cc1. The monoisotopic (exact) mass is 266 g/mol. The topological polar surface area (TPSA) is 49.0 Å². The molecule has 1 amide bonds. The Morgan fingerprint density at radius 3 is 2.35 bits per heavy atom. The molecular weight excluding hydrogens is 250 g/mol. The second kappa shape index (κ2) is 7.26. The van der Waals surface area contributed by atoms with Gasteiger partial charge in [0, 0.05) is 11.8 Å². The van der Waals surface area contributed by atoms with Gasteiger partial charge in [0.2, 0.25) is 5.91 Å². The van der Waals surface area contributed by atoms with E-state index in [1.54, 1.807) is 18.2 Å². The van der Waals surface area contributed by atoms with Crippen molar-refractivity contribution in [3.8, 4) is 0 Å². The Labute approximate surface area is 118 Å². The number of anilines is 1. The minimum atomic E-state index is -0.176. The first-order chi connectivity index (χ1) is 9.78. The third-order valence-electron chi connectivity index (χ3n) is 2.84. The van der Waals surface area contributed by atoms with Crippen LogP contribution in [0, 0.1) is 0 Å². The zero-order valence-corrected chi connectivity index (χ0v) is 11.1. The molecule has 0 bridgehead atoms. The summed E-state index contributed by atoms with van der Waals surface area (Å²) in [6, 6.07) is 17.0. The molecule has 0 aliphatic carbocycles. The van der Waals surface area contributed by atoms with Gasteiger partial charge in [-0.3, -0.25) is 4.79 Å². The highest BCUT2D eigenvalue weighted by atomic mass is 16.2. The van der Waals surface area contributed by atoms with Gasteiger partial charge in [-0.15, -0.1) is 0 Å². The minimum absolute atomic E-state index is 0.120. The molecule has 0 heterocycles. The Balaban J connectivity index is 1.92. The smallest absolute Gasteiger partial charge is 0.248 e. The summed E-state index contributed by atoms with van der Waals surface area (Å²) in [6.45, 7) is -0.120. The molecule has 2 aromatic rings. The summed E-state index contributed by atoms with van der Waals surface area (Å²) in [4.78, 5) is 11.7. The maximum Gasteiger partial charge on any atom is 0.248 e. The van der Waals surface area contributed by atoms with Crippen LogP contribution >= 0.6 is 0 Å². The molecule has 1 radical (unpaired) electrons. The first kappa shape index (κ1) is 14.0. The van der Waals surface area contributed by atoms with Crippen LogP contribution in [0.15, 0.2) is 60.7 Å². The molecule has 2 rings (SSSR count). The van der Waals surface area contributed by atoms with Gasteiger partial charge in [-0.1, -0.05) is 42.5 Å². The summed E-state index contributed by atoms with van der Waals surface area (Å²) in [7, 11) is 0. The van der Waals surface area contributed by atoms with E-state index in [-0.39, 0.29) is 12.5 Å². The van der Waals surface area contributed by atoms with Gasteiger partial charge in [-0.05, 0) is 35.8 Å². The number of hydrogen-bond donors (Lipinski definition) is 1. The molecule has 0 spiro atoms. The Kier molecular flexibility index (Phi) is 5.09. The van der Waals surface area contributed by atoms with Crippen LogP contribution in [-0.4, -0.2) is 12.5 Å². The van der Waals surface area contributed by atoms with E-state index < -0.39 is 0 Å². The van der Waals surface area contributed by atoms with Gasteiger partial charge >= 0.3 is 0 Å². The van der Waals surface area contributed by atoms with E-state index >= 15 is 0 Å². The van der Waals surface area contributed by atoms with Gasteiger partial charge in [0.15, 0.2) is 0 Å². The highest BCUT2D eigenvalue weighted by Crippen LogP contribution is 2.10. The Morgan fingerprint density at radius 2 is 1.70 bits per heavy atom. The highest BCUT2D eigenvalue weighted by molar-refractivity contribution is 6.01. The predicted molar refractivity (Wildman–Crippen MR) is 79.8 cm³/mol. The number of nitrogens with one attached hydrogen (secondary N) is 1. The maximum atomic E-state index is 11.7. The summed E-state index contributed by atoms with van der Waals surface area (Å²) >= 11 is 0. The summed E-state index contributed by atoms with van der Waals surface area (Å²) in [5.74, 6) is -0.176. The first-order valence-corrected chi connectivity index (χ1v) is 6.49. The standard InChI is InChI=1S/C17H16NO2/c19-13-12-15-6-9-16(10-7-15)18-17(20)11-8-14-4-2-1-3-5-14/h1-11H,12-13H2,(H,18,20)/b11-8+. The number of amides is 1. The van der Waals surface area contributed by atoms with Crippen molar-refractivity contribution in [1.29, 1.82) is 0 Å². The Hall–Kier alpha value is -2.39. The van der Waals surface area contributed by atoms with E-state index in [1.807, 2.05) is 42.5 Å². The first-order valence-electron chi connectivity index (χ1n) is 6.49. The molecule has 0 atom stereocenters. The minimum Gasteiger partial charge on any atom is -0.323 e. The zero-order valence-electron chi connectivity index (χ0n) is 11.1. The molecule has 3 nitrogen and oxygen atoms in total. The molecule has 0 aromatic heterocycles. The van der Waals surface area contributed by atoms with Gasteiger partial charge < -0.3 is 5.32 Å². The van der Waals surface area contributed by atoms with Crippen molar-refractivity contribution in [2.45, 2.75) is 6.42 Å². The average molecular weight is 266 g/mol. The maximum absolute atomic E-state index is 11.7.